The third-order valence-corrected chi connectivity index (χ3v) is 3.89. The Labute approximate surface area is 118 Å². The van der Waals surface area contributed by atoms with E-state index in [1.54, 1.807) is 12.3 Å². The first kappa shape index (κ1) is 13.2. The molecule has 3 heterocycles. The summed E-state index contributed by atoms with van der Waals surface area (Å²) in [6.45, 7) is 4.17. The molecule has 106 valence electrons. The second-order valence-electron chi connectivity index (χ2n) is 5.33. The number of hydrogen-bond acceptors (Lipinski definition) is 6. The van der Waals surface area contributed by atoms with E-state index in [0.29, 0.717) is 11.5 Å². The Morgan fingerprint density at radius 2 is 2.40 bits per heavy atom. The zero-order valence-electron chi connectivity index (χ0n) is 11.7. The molecule has 0 saturated carbocycles. The van der Waals surface area contributed by atoms with Crippen LogP contribution in [0.2, 0.25) is 0 Å². The molecule has 6 heteroatoms. The van der Waals surface area contributed by atoms with E-state index in [1.807, 2.05) is 0 Å². The summed E-state index contributed by atoms with van der Waals surface area (Å²) in [4.78, 5) is 12.7. The van der Waals surface area contributed by atoms with Crippen molar-refractivity contribution in [2.75, 3.05) is 13.1 Å². The van der Waals surface area contributed by atoms with Crippen molar-refractivity contribution in [1.29, 1.82) is 0 Å². The molecule has 3 rings (SSSR count). The number of piperidine rings is 1. The fraction of sp³-hybridized carbons (Fsp3) is 0.571. The van der Waals surface area contributed by atoms with Crippen LogP contribution in [0.15, 0.2) is 23.1 Å². The molecule has 0 spiro atoms. The molecular weight excluding hydrogens is 254 g/mol. The summed E-state index contributed by atoms with van der Waals surface area (Å²) in [7, 11) is 0. The Morgan fingerprint density at radius 3 is 3.10 bits per heavy atom. The van der Waals surface area contributed by atoms with Gasteiger partial charge < -0.3 is 9.84 Å². The predicted molar refractivity (Wildman–Crippen MR) is 74.0 cm³/mol. The standard InChI is InChI=1S/C14H19N5O/c1-2-5-14(6-3-7-15-9-14)13-18-12(19-20-13)11-4-8-16-10-17-11/h4,8,10,15H,2-3,5-7,9H2,1H3. The molecule has 20 heavy (non-hydrogen) atoms. The highest BCUT2D eigenvalue weighted by Crippen LogP contribution is 2.35. The number of hydrogen-bond donors (Lipinski definition) is 1. The van der Waals surface area contributed by atoms with Gasteiger partial charge in [0.2, 0.25) is 11.7 Å². The predicted octanol–water partition coefficient (Wildman–Crippen LogP) is 1.95. The second-order valence-corrected chi connectivity index (χ2v) is 5.33. The lowest BCUT2D eigenvalue weighted by atomic mass is 9.77. The molecular formula is C14H19N5O. The zero-order valence-corrected chi connectivity index (χ0v) is 11.7. The van der Waals surface area contributed by atoms with Gasteiger partial charge in [0.15, 0.2) is 0 Å². The van der Waals surface area contributed by atoms with E-state index in [9.17, 15) is 0 Å². The average Bonchev–Trinajstić information content (AvgIpc) is 3.00. The van der Waals surface area contributed by atoms with E-state index in [4.69, 9.17) is 4.52 Å². The third-order valence-electron chi connectivity index (χ3n) is 3.89. The van der Waals surface area contributed by atoms with Crippen LogP contribution in [-0.4, -0.2) is 33.2 Å². The van der Waals surface area contributed by atoms with Gasteiger partial charge in [0.05, 0.1) is 5.41 Å². The Kier molecular flexibility index (Phi) is 3.73. The van der Waals surface area contributed by atoms with Crippen LogP contribution in [0.5, 0.6) is 0 Å². The minimum Gasteiger partial charge on any atom is -0.338 e. The molecule has 0 aromatic carbocycles. The number of nitrogens with zero attached hydrogens (tertiary/aromatic N) is 4. The molecule has 0 radical (unpaired) electrons. The summed E-state index contributed by atoms with van der Waals surface area (Å²) in [5, 5.41) is 7.54. The molecule has 1 fully saturated rings. The topological polar surface area (TPSA) is 76.7 Å². The van der Waals surface area contributed by atoms with Gasteiger partial charge in [-0.05, 0) is 31.9 Å². The van der Waals surface area contributed by atoms with E-state index in [-0.39, 0.29) is 5.41 Å². The van der Waals surface area contributed by atoms with Crippen LogP contribution in [-0.2, 0) is 5.41 Å². The van der Waals surface area contributed by atoms with Crippen molar-refractivity contribution in [3.63, 3.8) is 0 Å². The molecule has 0 aliphatic carbocycles. The lowest BCUT2D eigenvalue weighted by Gasteiger charge is -2.34. The maximum atomic E-state index is 5.55. The summed E-state index contributed by atoms with van der Waals surface area (Å²) < 4.78 is 5.55. The van der Waals surface area contributed by atoms with Gasteiger partial charge in [0, 0.05) is 12.7 Å². The largest absolute Gasteiger partial charge is 0.338 e. The number of nitrogens with one attached hydrogen (secondary N) is 1. The van der Waals surface area contributed by atoms with Crippen LogP contribution in [0.25, 0.3) is 11.5 Å². The van der Waals surface area contributed by atoms with Gasteiger partial charge in [-0.3, -0.25) is 0 Å². The normalized spacial score (nSPS) is 22.9. The Morgan fingerprint density at radius 1 is 1.45 bits per heavy atom. The molecule has 1 aliphatic rings. The van der Waals surface area contributed by atoms with Crippen molar-refractivity contribution in [3.8, 4) is 11.5 Å². The van der Waals surface area contributed by atoms with Crippen molar-refractivity contribution in [2.24, 2.45) is 0 Å². The molecule has 1 atom stereocenters. The van der Waals surface area contributed by atoms with E-state index in [0.717, 1.165) is 44.7 Å². The molecule has 0 amide bonds. The molecule has 1 N–H and O–H groups in total. The van der Waals surface area contributed by atoms with Crippen molar-refractivity contribution in [3.05, 3.63) is 24.5 Å². The maximum Gasteiger partial charge on any atom is 0.234 e. The minimum absolute atomic E-state index is 0.0225. The molecule has 1 unspecified atom stereocenters. The van der Waals surface area contributed by atoms with Crippen LogP contribution < -0.4 is 5.32 Å². The SMILES string of the molecule is CCCC1(c2nc(-c3ccncn3)no2)CCCNC1. The highest BCUT2D eigenvalue weighted by molar-refractivity contribution is 5.46. The van der Waals surface area contributed by atoms with Crippen molar-refractivity contribution in [2.45, 2.75) is 38.0 Å². The lowest BCUT2D eigenvalue weighted by molar-refractivity contribution is 0.213. The summed E-state index contributed by atoms with van der Waals surface area (Å²) >= 11 is 0. The van der Waals surface area contributed by atoms with Crippen molar-refractivity contribution < 1.29 is 4.52 Å². The number of rotatable bonds is 4. The smallest absolute Gasteiger partial charge is 0.234 e. The molecule has 0 bridgehead atoms. The summed E-state index contributed by atoms with van der Waals surface area (Å²) in [6, 6.07) is 1.79. The third kappa shape index (κ3) is 2.43. The zero-order chi connectivity index (χ0) is 13.8. The molecule has 2 aromatic rings. The van der Waals surface area contributed by atoms with E-state index < -0.39 is 0 Å². The average molecular weight is 273 g/mol. The van der Waals surface area contributed by atoms with Crippen molar-refractivity contribution in [1.82, 2.24) is 25.4 Å². The summed E-state index contributed by atoms with van der Waals surface area (Å²) in [6.07, 6.45) is 7.58. The van der Waals surface area contributed by atoms with E-state index >= 15 is 0 Å². The first-order chi connectivity index (χ1) is 9.84. The highest BCUT2D eigenvalue weighted by atomic mass is 16.5. The van der Waals surface area contributed by atoms with Gasteiger partial charge in [-0.25, -0.2) is 9.97 Å². The van der Waals surface area contributed by atoms with Crippen LogP contribution in [0.4, 0.5) is 0 Å². The van der Waals surface area contributed by atoms with Gasteiger partial charge in [-0.2, -0.15) is 4.98 Å². The lowest BCUT2D eigenvalue weighted by Crippen LogP contribution is -2.43. The minimum atomic E-state index is -0.0225. The van der Waals surface area contributed by atoms with Gasteiger partial charge in [-0.1, -0.05) is 18.5 Å². The second kappa shape index (κ2) is 5.66. The maximum absolute atomic E-state index is 5.55. The summed E-state index contributed by atoms with van der Waals surface area (Å²) in [5.74, 6) is 1.28. The van der Waals surface area contributed by atoms with Crippen LogP contribution in [0.3, 0.4) is 0 Å². The van der Waals surface area contributed by atoms with Gasteiger partial charge in [0.25, 0.3) is 0 Å². The van der Waals surface area contributed by atoms with Crippen LogP contribution in [0.1, 0.15) is 38.5 Å². The van der Waals surface area contributed by atoms with Gasteiger partial charge in [-0.15, -0.1) is 0 Å². The molecule has 6 nitrogen and oxygen atoms in total. The van der Waals surface area contributed by atoms with Gasteiger partial charge >= 0.3 is 0 Å². The van der Waals surface area contributed by atoms with Crippen LogP contribution in [0, 0.1) is 0 Å². The first-order valence-corrected chi connectivity index (χ1v) is 7.15. The van der Waals surface area contributed by atoms with Gasteiger partial charge in [0.1, 0.15) is 12.0 Å². The Hall–Kier alpha value is -1.82. The van der Waals surface area contributed by atoms with Crippen molar-refractivity contribution >= 4 is 0 Å². The molecule has 1 saturated heterocycles. The Balaban J connectivity index is 1.91. The monoisotopic (exact) mass is 273 g/mol. The molecule has 2 aromatic heterocycles. The number of aromatic nitrogens is 4. The Bertz CT molecular complexity index is 542. The van der Waals surface area contributed by atoms with Crippen LogP contribution >= 0.6 is 0 Å². The summed E-state index contributed by atoms with van der Waals surface area (Å²) in [5.41, 5.74) is 0.677. The van der Waals surface area contributed by atoms with E-state index in [2.05, 4.69) is 32.3 Å². The quantitative estimate of drug-likeness (QED) is 0.917. The molecule has 1 aliphatic heterocycles. The fourth-order valence-electron chi connectivity index (χ4n) is 2.92. The fourth-order valence-corrected chi connectivity index (χ4v) is 2.92. The first-order valence-electron chi connectivity index (χ1n) is 7.15. The van der Waals surface area contributed by atoms with E-state index in [1.165, 1.54) is 6.33 Å². The highest BCUT2D eigenvalue weighted by Gasteiger charge is 2.38.